The van der Waals surface area contributed by atoms with E-state index in [4.69, 9.17) is 18.5 Å². The summed E-state index contributed by atoms with van der Waals surface area (Å²) in [6.45, 7) is 3.14. The van der Waals surface area contributed by atoms with E-state index in [0.717, 1.165) is 77.0 Å². The molecule has 6 unspecified atom stereocenters. The highest BCUT2D eigenvalue weighted by Gasteiger charge is 2.51. The van der Waals surface area contributed by atoms with Crippen LogP contribution < -0.4 is 0 Å². The van der Waals surface area contributed by atoms with Crippen molar-refractivity contribution in [1.82, 2.24) is 0 Å². The zero-order chi connectivity index (χ0) is 46.4. The number of ether oxygens (including phenoxy) is 2. The summed E-state index contributed by atoms with van der Waals surface area (Å²) in [7, 11) is -5.13. The fraction of sp³-hybridized carbons (Fsp3) is 0.714. The van der Waals surface area contributed by atoms with Crippen molar-refractivity contribution in [2.45, 2.75) is 211 Å². The van der Waals surface area contributed by atoms with Gasteiger partial charge in [-0.15, -0.1) is 0 Å². The van der Waals surface area contributed by atoms with Crippen LogP contribution >= 0.6 is 7.82 Å². The van der Waals surface area contributed by atoms with E-state index in [9.17, 15) is 44.6 Å². The molecule has 362 valence electrons. The molecule has 0 radical (unpaired) electrons. The van der Waals surface area contributed by atoms with Crippen molar-refractivity contribution < 1.29 is 63.1 Å². The number of aliphatic hydroxyl groups excluding tert-OH is 5. The van der Waals surface area contributed by atoms with E-state index in [2.05, 4.69) is 86.8 Å². The van der Waals surface area contributed by atoms with E-state index >= 15 is 0 Å². The maximum absolute atomic E-state index is 12.8. The van der Waals surface area contributed by atoms with Crippen LogP contribution in [0.15, 0.2) is 72.9 Å². The van der Waals surface area contributed by atoms with E-state index in [-0.39, 0.29) is 12.8 Å². The molecule has 1 aliphatic carbocycles. The van der Waals surface area contributed by atoms with Gasteiger partial charge in [-0.3, -0.25) is 18.6 Å². The van der Waals surface area contributed by atoms with Crippen LogP contribution in [0.5, 0.6) is 0 Å². The number of phosphoric acid groups is 1. The Kier molecular flexibility index (Phi) is 35.7. The van der Waals surface area contributed by atoms with Crippen molar-refractivity contribution >= 4 is 19.8 Å². The predicted molar refractivity (Wildman–Crippen MR) is 249 cm³/mol. The second-order valence-electron chi connectivity index (χ2n) is 16.2. The SMILES string of the molecule is CC/C=C/C/C=C/C/C=C/C/C=C/C/C=C/CCCCCC(=O)OC[C@@H](COP(=O)(O)OC1C(O)C(O)C(O)[C@H](O)C1O)OC(=O)CCCCC/C=C/CCCCCCCCCC. The smallest absolute Gasteiger partial charge is 0.462 e. The van der Waals surface area contributed by atoms with Crippen molar-refractivity contribution in [3.63, 3.8) is 0 Å². The van der Waals surface area contributed by atoms with Gasteiger partial charge in [-0.25, -0.2) is 4.57 Å². The van der Waals surface area contributed by atoms with Crippen LogP contribution in [0.25, 0.3) is 0 Å². The number of allylic oxidation sites excluding steroid dienone is 12. The van der Waals surface area contributed by atoms with Crippen LogP contribution in [0, 0.1) is 0 Å². The van der Waals surface area contributed by atoms with E-state index in [1.807, 2.05) is 0 Å². The van der Waals surface area contributed by atoms with E-state index in [0.29, 0.717) is 12.8 Å². The molecule has 0 saturated heterocycles. The first kappa shape index (κ1) is 58.3. The molecular weight excluding hydrogens is 827 g/mol. The summed E-state index contributed by atoms with van der Waals surface area (Å²) in [5.41, 5.74) is 0. The largest absolute Gasteiger partial charge is 0.472 e. The predicted octanol–water partition coefficient (Wildman–Crippen LogP) is 9.50. The standard InChI is InChI=1S/C49H83O13P/c1-3-5-7-9-11-13-15-17-19-20-21-22-24-25-27-29-31-33-35-37-42(50)59-39-41(40-60-63(57,58)62-49-47(55)45(53)44(52)46(54)48(49)56)61-43(51)38-36-34-32-30-28-26-23-18-16-14-12-10-8-6-4-2/h5,7,11,13,17,19,21-22,25-28,41,44-49,52-56H,3-4,6,8-10,12,14-16,18,20,23-24,29-40H2,1-2H3,(H,57,58)/b7-5+,13-11+,19-17+,22-21+,27-25+,28-26+/t41-,44?,45-,46?,47?,48?,49?/m0/s1. The minimum Gasteiger partial charge on any atom is -0.462 e. The molecule has 1 saturated carbocycles. The Labute approximate surface area is 378 Å². The van der Waals surface area contributed by atoms with Gasteiger partial charge < -0.3 is 39.9 Å². The van der Waals surface area contributed by atoms with Crippen molar-refractivity contribution in [3.05, 3.63) is 72.9 Å². The van der Waals surface area contributed by atoms with Gasteiger partial charge >= 0.3 is 19.8 Å². The van der Waals surface area contributed by atoms with Gasteiger partial charge in [0.05, 0.1) is 6.61 Å². The monoisotopic (exact) mass is 911 g/mol. The molecule has 13 nitrogen and oxygen atoms in total. The van der Waals surface area contributed by atoms with Crippen LogP contribution in [-0.4, -0.2) is 98.3 Å². The first-order valence-corrected chi connectivity index (χ1v) is 25.2. The molecule has 0 heterocycles. The summed E-state index contributed by atoms with van der Waals surface area (Å²) in [5, 5.41) is 50.2. The fourth-order valence-corrected chi connectivity index (χ4v) is 7.69. The number of esters is 2. The molecule has 1 rings (SSSR count). The highest BCUT2D eigenvalue weighted by Crippen LogP contribution is 2.47. The zero-order valence-electron chi connectivity index (χ0n) is 38.3. The number of carbonyl (C=O) groups excluding carboxylic acids is 2. The Morgan fingerprint density at radius 1 is 0.508 bits per heavy atom. The fourth-order valence-electron chi connectivity index (χ4n) is 6.72. The Bertz CT molecular complexity index is 1380. The van der Waals surface area contributed by atoms with Crippen molar-refractivity contribution in [2.75, 3.05) is 13.2 Å². The van der Waals surface area contributed by atoms with Crippen LogP contribution in [0.2, 0.25) is 0 Å². The number of phosphoric ester groups is 1. The minimum absolute atomic E-state index is 0.0656. The highest BCUT2D eigenvalue weighted by atomic mass is 31.2. The van der Waals surface area contributed by atoms with E-state index in [1.54, 1.807) is 0 Å². The number of unbranched alkanes of at least 4 members (excludes halogenated alkanes) is 14. The lowest BCUT2D eigenvalue weighted by Crippen LogP contribution is -2.64. The normalized spacial score (nSPS) is 22.3. The quantitative estimate of drug-likeness (QED) is 0.0148. The number of hydrogen-bond donors (Lipinski definition) is 6. The molecule has 1 fully saturated rings. The highest BCUT2D eigenvalue weighted by molar-refractivity contribution is 7.47. The van der Waals surface area contributed by atoms with Gasteiger partial charge in [0.25, 0.3) is 0 Å². The summed E-state index contributed by atoms with van der Waals surface area (Å²) in [4.78, 5) is 35.7. The van der Waals surface area contributed by atoms with Crippen LogP contribution in [0.1, 0.15) is 168 Å². The summed E-state index contributed by atoms with van der Waals surface area (Å²) in [5.74, 6) is -1.16. The molecule has 14 heteroatoms. The average molecular weight is 911 g/mol. The third kappa shape index (κ3) is 31.0. The van der Waals surface area contributed by atoms with Crippen LogP contribution in [0.3, 0.4) is 0 Å². The molecule has 6 N–H and O–H groups in total. The Morgan fingerprint density at radius 3 is 1.40 bits per heavy atom. The summed E-state index contributed by atoms with van der Waals surface area (Å²) >= 11 is 0. The second-order valence-corrected chi connectivity index (χ2v) is 17.6. The molecule has 0 amide bonds. The zero-order valence-corrected chi connectivity index (χ0v) is 39.2. The number of carbonyl (C=O) groups is 2. The van der Waals surface area contributed by atoms with Gasteiger partial charge in [0.2, 0.25) is 0 Å². The Hall–Kier alpha value is -2.71. The van der Waals surface area contributed by atoms with Gasteiger partial charge in [0.1, 0.15) is 43.2 Å². The summed E-state index contributed by atoms with van der Waals surface area (Å²) < 4.78 is 33.5. The van der Waals surface area contributed by atoms with Crippen LogP contribution in [-0.2, 0) is 32.7 Å². The maximum Gasteiger partial charge on any atom is 0.472 e. The van der Waals surface area contributed by atoms with Crippen molar-refractivity contribution in [2.24, 2.45) is 0 Å². The first-order valence-electron chi connectivity index (χ1n) is 23.7. The van der Waals surface area contributed by atoms with Gasteiger partial charge in [-0.2, -0.15) is 0 Å². The molecule has 63 heavy (non-hydrogen) atoms. The third-order valence-corrected chi connectivity index (χ3v) is 11.5. The Balaban J connectivity index is 2.49. The molecule has 0 aromatic heterocycles. The van der Waals surface area contributed by atoms with E-state index in [1.165, 1.54) is 51.4 Å². The molecule has 0 aliphatic heterocycles. The number of hydrogen-bond acceptors (Lipinski definition) is 12. The lowest BCUT2D eigenvalue weighted by molar-refractivity contribution is -0.220. The van der Waals surface area contributed by atoms with Gasteiger partial charge in [0.15, 0.2) is 6.10 Å². The van der Waals surface area contributed by atoms with Crippen molar-refractivity contribution in [1.29, 1.82) is 0 Å². The van der Waals surface area contributed by atoms with Crippen molar-refractivity contribution in [3.8, 4) is 0 Å². The molecule has 0 spiro atoms. The van der Waals surface area contributed by atoms with Gasteiger partial charge in [-0.05, 0) is 83.5 Å². The summed E-state index contributed by atoms with van der Waals surface area (Å²) in [6, 6.07) is 0. The maximum atomic E-state index is 12.8. The minimum atomic E-state index is -5.13. The second kappa shape index (κ2) is 38.5. The van der Waals surface area contributed by atoms with Gasteiger partial charge in [-0.1, -0.05) is 145 Å². The first-order chi connectivity index (χ1) is 30.4. The lowest BCUT2D eigenvalue weighted by atomic mass is 9.85. The van der Waals surface area contributed by atoms with Crippen LogP contribution in [0.4, 0.5) is 0 Å². The number of aliphatic hydroxyl groups is 5. The molecule has 0 aromatic rings. The molecule has 0 aromatic carbocycles. The third-order valence-electron chi connectivity index (χ3n) is 10.5. The number of rotatable bonds is 38. The lowest BCUT2D eigenvalue weighted by Gasteiger charge is -2.41. The van der Waals surface area contributed by atoms with E-state index < -0.39 is 75.7 Å². The molecule has 8 atom stereocenters. The Morgan fingerprint density at radius 2 is 0.905 bits per heavy atom. The topological polar surface area (TPSA) is 210 Å². The van der Waals surface area contributed by atoms with Gasteiger partial charge in [0, 0.05) is 12.8 Å². The summed E-state index contributed by atoms with van der Waals surface area (Å²) in [6.07, 6.45) is 35.2. The average Bonchev–Trinajstić information content (AvgIpc) is 3.26. The molecule has 0 bridgehead atoms. The molecular formula is C49H83O13P. The molecule has 1 aliphatic rings.